The molecule has 0 spiro atoms. The number of benzene rings is 3. The SMILES string of the molecule is NC(=NCCOc1ccccc1)c1c(Nc2ccc(Oc3ccccc3)cc2)s[nH]c1=O. The van der Waals surface area contributed by atoms with Crippen LogP contribution >= 0.6 is 11.5 Å². The highest BCUT2D eigenvalue weighted by Crippen LogP contribution is 2.26. The molecule has 3 aromatic carbocycles. The van der Waals surface area contributed by atoms with Crippen LogP contribution in [0.25, 0.3) is 0 Å². The quantitative estimate of drug-likeness (QED) is 0.196. The van der Waals surface area contributed by atoms with Crippen LogP contribution in [0.2, 0.25) is 0 Å². The van der Waals surface area contributed by atoms with Gasteiger partial charge < -0.3 is 20.5 Å². The van der Waals surface area contributed by atoms with E-state index in [9.17, 15) is 4.79 Å². The Morgan fingerprint density at radius 2 is 1.53 bits per heavy atom. The lowest BCUT2D eigenvalue weighted by molar-refractivity contribution is 0.329. The van der Waals surface area contributed by atoms with Crippen LogP contribution in [0.5, 0.6) is 17.2 Å². The number of amidine groups is 1. The summed E-state index contributed by atoms with van der Waals surface area (Å²) in [6, 6.07) is 26.4. The summed E-state index contributed by atoms with van der Waals surface area (Å²) in [6.45, 7) is 0.694. The standard InChI is InChI=1S/C24H22N4O3S/c25-22(26-15-16-30-18-7-3-1-4-8-18)21-23(29)28-32-24(21)27-17-11-13-20(14-12-17)31-19-9-5-2-6-10-19/h1-14,27H,15-16H2,(H2,25,26)(H,28,29). The predicted octanol–water partition coefficient (Wildman–Crippen LogP) is 4.76. The number of hydrogen-bond acceptors (Lipinski definition) is 6. The van der Waals surface area contributed by atoms with Crippen LogP contribution in [-0.2, 0) is 0 Å². The van der Waals surface area contributed by atoms with Crippen molar-refractivity contribution in [2.24, 2.45) is 10.7 Å². The van der Waals surface area contributed by atoms with Crippen molar-refractivity contribution in [1.29, 1.82) is 0 Å². The van der Waals surface area contributed by atoms with Crippen LogP contribution in [0.1, 0.15) is 5.56 Å². The highest BCUT2D eigenvalue weighted by molar-refractivity contribution is 7.10. The van der Waals surface area contributed by atoms with Crippen molar-refractivity contribution in [3.05, 3.63) is 101 Å². The van der Waals surface area contributed by atoms with Crippen molar-refractivity contribution in [1.82, 2.24) is 4.37 Å². The molecule has 0 fully saturated rings. The Balaban J connectivity index is 1.39. The second-order valence-electron chi connectivity index (χ2n) is 6.73. The summed E-state index contributed by atoms with van der Waals surface area (Å²) in [5.74, 6) is 2.40. The highest BCUT2D eigenvalue weighted by Gasteiger charge is 2.15. The molecule has 0 atom stereocenters. The molecule has 32 heavy (non-hydrogen) atoms. The summed E-state index contributed by atoms with van der Waals surface area (Å²) in [5.41, 5.74) is 6.93. The number of hydrogen-bond donors (Lipinski definition) is 3. The normalized spacial score (nSPS) is 11.2. The van der Waals surface area contributed by atoms with Gasteiger partial charge in [0.25, 0.3) is 5.56 Å². The first kappa shape index (κ1) is 21.2. The Hall–Kier alpha value is -4.04. The number of rotatable bonds is 9. The van der Waals surface area contributed by atoms with Gasteiger partial charge in [-0.15, -0.1) is 0 Å². The first-order valence-electron chi connectivity index (χ1n) is 9.98. The number of nitrogens with one attached hydrogen (secondary N) is 2. The number of nitrogens with two attached hydrogens (primary N) is 1. The molecule has 4 rings (SSSR count). The van der Waals surface area contributed by atoms with Gasteiger partial charge in [-0.3, -0.25) is 14.2 Å². The molecule has 1 heterocycles. The maximum atomic E-state index is 12.3. The minimum atomic E-state index is -0.285. The summed E-state index contributed by atoms with van der Waals surface area (Å²) >= 11 is 1.17. The maximum Gasteiger partial charge on any atom is 0.271 e. The average molecular weight is 447 g/mol. The minimum Gasteiger partial charge on any atom is -0.492 e. The molecule has 0 saturated carbocycles. The number of nitrogens with zero attached hydrogens (tertiary/aromatic N) is 1. The molecule has 4 aromatic rings. The summed E-state index contributed by atoms with van der Waals surface area (Å²) in [5, 5.41) is 3.82. The van der Waals surface area contributed by atoms with E-state index in [2.05, 4.69) is 14.7 Å². The van der Waals surface area contributed by atoms with Crippen molar-refractivity contribution in [3.8, 4) is 17.2 Å². The van der Waals surface area contributed by atoms with E-state index < -0.39 is 0 Å². The number of anilines is 2. The summed E-state index contributed by atoms with van der Waals surface area (Å²) in [4.78, 5) is 16.6. The van der Waals surface area contributed by atoms with Gasteiger partial charge in [0, 0.05) is 5.69 Å². The zero-order valence-electron chi connectivity index (χ0n) is 17.2. The van der Waals surface area contributed by atoms with E-state index in [1.54, 1.807) is 0 Å². The third kappa shape index (κ3) is 5.55. The van der Waals surface area contributed by atoms with Gasteiger partial charge >= 0.3 is 0 Å². The van der Waals surface area contributed by atoms with Crippen molar-refractivity contribution in [3.63, 3.8) is 0 Å². The molecule has 0 bridgehead atoms. The number of ether oxygens (including phenoxy) is 2. The van der Waals surface area contributed by atoms with Gasteiger partial charge in [0.05, 0.1) is 6.54 Å². The van der Waals surface area contributed by atoms with Gasteiger partial charge in [-0.2, -0.15) is 0 Å². The van der Waals surface area contributed by atoms with E-state index in [1.807, 2.05) is 84.9 Å². The number of aromatic nitrogens is 1. The Morgan fingerprint density at radius 3 is 2.22 bits per heavy atom. The molecule has 1 aromatic heterocycles. The molecule has 7 nitrogen and oxygen atoms in total. The van der Waals surface area contributed by atoms with E-state index in [4.69, 9.17) is 15.2 Å². The Kier molecular flexibility index (Phi) is 6.84. The fraction of sp³-hybridized carbons (Fsp3) is 0.0833. The number of para-hydroxylation sites is 2. The van der Waals surface area contributed by atoms with Gasteiger partial charge in [-0.25, -0.2) is 0 Å². The van der Waals surface area contributed by atoms with Gasteiger partial charge in [0.15, 0.2) is 0 Å². The first-order valence-corrected chi connectivity index (χ1v) is 10.8. The molecular weight excluding hydrogens is 424 g/mol. The van der Waals surface area contributed by atoms with Gasteiger partial charge in [0.1, 0.15) is 40.3 Å². The van der Waals surface area contributed by atoms with Gasteiger partial charge in [0.2, 0.25) is 0 Å². The monoisotopic (exact) mass is 446 g/mol. The largest absolute Gasteiger partial charge is 0.492 e. The predicted molar refractivity (Wildman–Crippen MR) is 129 cm³/mol. The fourth-order valence-corrected chi connectivity index (χ4v) is 3.68. The van der Waals surface area contributed by atoms with E-state index in [-0.39, 0.29) is 11.4 Å². The van der Waals surface area contributed by atoms with Crippen LogP contribution in [0.3, 0.4) is 0 Å². The zero-order chi connectivity index (χ0) is 22.2. The molecule has 8 heteroatoms. The number of aliphatic imine (C=N–C) groups is 1. The maximum absolute atomic E-state index is 12.3. The molecule has 0 amide bonds. The highest BCUT2D eigenvalue weighted by atomic mass is 32.1. The molecule has 0 aliphatic rings. The number of aromatic amines is 1. The summed E-state index contributed by atoms with van der Waals surface area (Å²) in [7, 11) is 0. The molecule has 0 saturated heterocycles. The summed E-state index contributed by atoms with van der Waals surface area (Å²) in [6.07, 6.45) is 0. The second-order valence-corrected chi connectivity index (χ2v) is 7.55. The minimum absolute atomic E-state index is 0.163. The molecule has 0 unspecified atom stereocenters. The Morgan fingerprint density at radius 1 is 0.906 bits per heavy atom. The van der Waals surface area contributed by atoms with Crippen molar-refractivity contribution in [2.45, 2.75) is 0 Å². The molecule has 0 aliphatic carbocycles. The van der Waals surface area contributed by atoms with E-state index in [0.29, 0.717) is 29.5 Å². The van der Waals surface area contributed by atoms with Crippen molar-refractivity contribution < 1.29 is 9.47 Å². The van der Waals surface area contributed by atoms with Crippen molar-refractivity contribution in [2.75, 3.05) is 18.5 Å². The third-order valence-corrected chi connectivity index (χ3v) is 5.23. The fourth-order valence-electron chi connectivity index (χ4n) is 2.91. The average Bonchev–Trinajstić information content (AvgIpc) is 3.19. The van der Waals surface area contributed by atoms with E-state index in [0.717, 1.165) is 17.2 Å². The van der Waals surface area contributed by atoms with Gasteiger partial charge in [-0.05, 0) is 60.1 Å². The van der Waals surface area contributed by atoms with Crippen LogP contribution in [0.15, 0.2) is 94.7 Å². The van der Waals surface area contributed by atoms with Crippen LogP contribution in [0.4, 0.5) is 10.7 Å². The van der Waals surface area contributed by atoms with Crippen LogP contribution < -0.4 is 26.1 Å². The van der Waals surface area contributed by atoms with Crippen LogP contribution in [-0.4, -0.2) is 23.4 Å². The third-order valence-electron chi connectivity index (χ3n) is 4.43. The van der Waals surface area contributed by atoms with E-state index >= 15 is 0 Å². The van der Waals surface area contributed by atoms with Crippen molar-refractivity contribution >= 4 is 28.1 Å². The lowest BCUT2D eigenvalue weighted by Gasteiger charge is -2.09. The molecule has 162 valence electrons. The molecular formula is C24H22N4O3S. The lowest BCUT2D eigenvalue weighted by atomic mass is 10.2. The Bertz CT molecular complexity index is 1220. The zero-order valence-corrected chi connectivity index (χ0v) is 18.0. The topological polar surface area (TPSA) is 102 Å². The Labute approximate surface area is 189 Å². The molecule has 0 aliphatic heterocycles. The first-order chi connectivity index (χ1) is 15.7. The lowest BCUT2D eigenvalue weighted by Crippen LogP contribution is -2.23. The summed E-state index contributed by atoms with van der Waals surface area (Å²) < 4.78 is 14.1. The van der Waals surface area contributed by atoms with Gasteiger partial charge in [-0.1, -0.05) is 36.4 Å². The molecule has 0 radical (unpaired) electrons. The smallest absolute Gasteiger partial charge is 0.271 e. The van der Waals surface area contributed by atoms with Crippen LogP contribution in [0, 0.1) is 0 Å². The van der Waals surface area contributed by atoms with E-state index in [1.165, 1.54) is 11.5 Å². The molecule has 4 N–H and O–H groups in total. The second kappa shape index (κ2) is 10.3. The number of H-pyrrole nitrogens is 1.